The maximum atomic E-state index is 12.1. The third-order valence-electron chi connectivity index (χ3n) is 3.78. The molecule has 1 amide bonds. The van der Waals surface area contributed by atoms with Gasteiger partial charge in [-0.1, -0.05) is 40.2 Å². The van der Waals surface area contributed by atoms with Crippen molar-refractivity contribution in [3.8, 4) is 11.5 Å². The molecule has 0 heterocycles. The van der Waals surface area contributed by atoms with Crippen molar-refractivity contribution in [2.24, 2.45) is 0 Å². The minimum absolute atomic E-state index is 0.132. The number of carbonyl (C=O) groups is 1. The molecule has 0 aromatic heterocycles. The van der Waals surface area contributed by atoms with E-state index in [1.807, 2.05) is 72.8 Å². The quantitative estimate of drug-likeness (QED) is 0.461. The number of hydrogen-bond donors (Lipinski definition) is 2. The Balaban J connectivity index is 1.42. The van der Waals surface area contributed by atoms with Crippen LogP contribution in [-0.2, 0) is 4.79 Å². The largest absolute Gasteiger partial charge is 0.490 e. The van der Waals surface area contributed by atoms with E-state index in [0.717, 1.165) is 15.9 Å². The van der Waals surface area contributed by atoms with Crippen LogP contribution in [0.4, 0.5) is 11.4 Å². The first kappa shape index (κ1) is 19.8. The average molecular weight is 441 g/mol. The Morgan fingerprint density at radius 2 is 1.46 bits per heavy atom. The monoisotopic (exact) mass is 440 g/mol. The lowest BCUT2D eigenvalue weighted by atomic mass is 10.3. The highest BCUT2D eigenvalue weighted by molar-refractivity contribution is 9.10. The standard InChI is InChI=1S/C22H21BrN2O3/c23-17-9-11-18(12-10-17)24-16-22(26)25-19-5-4-8-21(15-19)28-14-13-27-20-6-2-1-3-7-20/h1-12,15,24H,13-14,16H2,(H,25,26). The number of ether oxygens (including phenoxy) is 2. The molecule has 0 bridgehead atoms. The molecule has 144 valence electrons. The summed E-state index contributed by atoms with van der Waals surface area (Å²) in [6, 6.07) is 24.5. The van der Waals surface area contributed by atoms with Gasteiger partial charge in [-0.25, -0.2) is 0 Å². The average Bonchev–Trinajstić information content (AvgIpc) is 2.72. The van der Waals surface area contributed by atoms with Crippen LogP contribution < -0.4 is 20.1 Å². The van der Waals surface area contributed by atoms with Gasteiger partial charge in [0.05, 0.1) is 6.54 Å². The van der Waals surface area contributed by atoms with Crippen LogP contribution in [0.5, 0.6) is 11.5 Å². The van der Waals surface area contributed by atoms with Crippen molar-refractivity contribution < 1.29 is 14.3 Å². The van der Waals surface area contributed by atoms with E-state index in [9.17, 15) is 4.79 Å². The molecule has 0 spiro atoms. The van der Waals surface area contributed by atoms with Gasteiger partial charge in [-0.15, -0.1) is 0 Å². The molecular formula is C22H21BrN2O3. The molecule has 0 saturated heterocycles. The van der Waals surface area contributed by atoms with Gasteiger partial charge in [0.1, 0.15) is 24.7 Å². The third-order valence-corrected chi connectivity index (χ3v) is 4.31. The van der Waals surface area contributed by atoms with Crippen LogP contribution in [0.1, 0.15) is 0 Å². The maximum absolute atomic E-state index is 12.1. The molecule has 3 aromatic rings. The zero-order valence-corrected chi connectivity index (χ0v) is 16.8. The Morgan fingerprint density at radius 3 is 2.21 bits per heavy atom. The Hall–Kier alpha value is -2.99. The van der Waals surface area contributed by atoms with E-state index in [-0.39, 0.29) is 12.5 Å². The number of amides is 1. The summed E-state index contributed by atoms with van der Waals surface area (Å²) in [5, 5.41) is 5.94. The molecule has 3 aromatic carbocycles. The Bertz CT molecular complexity index is 886. The fourth-order valence-corrected chi connectivity index (χ4v) is 2.72. The first-order valence-electron chi connectivity index (χ1n) is 8.89. The smallest absolute Gasteiger partial charge is 0.243 e. The second-order valence-corrected chi connectivity index (χ2v) is 6.86. The number of benzene rings is 3. The minimum Gasteiger partial charge on any atom is -0.490 e. The third kappa shape index (κ3) is 6.63. The van der Waals surface area contributed by atoms with E-state index in [0.29, 0.717) is 24.7 Å². The van der Waals surface area contributed by atoms with E-state index in [1.54, 1.807) is 6.07 Å². The van der Waals surface area contributed by atoms with Crippen molar-refractivity contribution in [2.45, 2.75) is 0 Å². The molecule has 28 heavy (non-hydrogen) atoms. The van der Waals surface area contributed by atoms with Gasteiger partial charge in [-0.2, -0.15) is 0 Å². The molecule has 0 atom stereocenters. The molecular weight excluding hydrogens is 420 g/mol. The summed E-state index contributed by atoms with van der Waals surface area (Å²) in [5.41, 5.74) is 1.57. The van der Waals surface area contributed by atoms with Gasteiger partial charge in [0.2, 0.25) is 5.91 Å². The normalized spacial score (nSPS) is 10.2. The summed E-state index contributed by atoms with van der Waals surface area (Å²) in [7, 11) is 0. The van der Waals surface area contributed by atoms with Crippen LogP contribution >= 0.6 is 15.9 Å². The van der Waals surface area contributed by atoms with Crippen LogP contribution in [0.3, 0.4) is 0 Å². The van der Waals surface area contributed by atoms with Crippen molar-refractivity contribution in [3.05, 3.63) is 83.3 Å². The van der Waals surface area contributed by atoms with Gasteiger partial charge < -0.3 is 20.1 Å². The van der Waals surface area contributed by atoms with Crippen molar-refractivity contribution in [1.29, 1.82) is 0 Å². The van der Waals surface area contributed by atoms with Crippen LogP contribution in [0, 0.1) is 0 Å². The fraction of sp³-hybridized carbons (Fsp3) is 0.136. The lowest BCUT2D eigenvalue weighted by molar-refractivity contribution is -0.114. The summed E-state index contributed by atoms with van der Waals surface area (Å²) in [5.74, 6) is 1.35. The Labute approximate surface area is 172 Å². The minimum atomic E-state index is -0.132. The van der Waals surface area contributed by atoms with Gasteiger partial charge in [-0.05, 0) is 48.5 Å². The van der Waals surface area contributed by atoms with E-state index in [2.05, 4.69) is 26.6 Å². The molecule has 0 aliphatic heterocycles. The van der Waals surface area contributed by atoms with Crippen LogP contribution in [0.2, 0.25) is 0 Å². The summed E-state index contributed by atoms with van der Waals surface area (Å²) < 4.78 is 12.3. The molecule has 0 radical (unpaired) electrons. The highest BCUT2D eigenvalue weighted by Gasteiger charge is 2.04. The predicted molar refractivity (Wildman–Crippen MR) is 115 cm³/mol. The molecule has 0 fully saturated rings. The lowest BCUT2D eigenvalue weighted by Gasteiger charge is -2.11. The lowest BCUT2D eigenvalue weighted by Crippen LogP contribution is -2.21. The maximum Gasteiger partial charge on any atom is 0.243 e. The summed E-state index contributed by atoms with van der Waals surface area (Å²) in [6.45, 7) is 1.03. The van der Waals surface area contributed by atoms with Crippen LogP contribution in [0.15, 0.2) is 83.3 Å². The molecule has 6 heteroatoms. The van der Waals surface area contributed by atoms with Gasteiger partial charge in [-0.3, -0.25) is 4.79 Å². The fourth-order valence-electron chi connectivity index (χ4n) is 2.45. The van der Waals surface area contributed by atoms with Crippen molar-refractivity contribution in [3.63, 3.8) is 0 Å². The highest BCUT2D eigenvalue weighted by atomic mass is 79.9. The molecule has 5 nitrogen and oxygen atoms in total. The van der Waals surface area contributed by atoms with Gasteiger partial charge >= 0.3 is 0 Å². The number of para-hydroxylation sites is 1. The van der Waals surface area contributed by atoms with Crippen molar-refractivity contribution in [2.75, 3.05) is 30.4 Å². The summed E-state index contributed by atoms with van der Waals surface area (Å²) in [4.78, 5) is 12.1. The molecule has 0 aliphatic rings. The van der Waals surface area contributed by atoms with Crippen LogP contribution in [-0.4, -0.2) is 25.7 Å². The van der Waals surface area contributed by atoms with Gasteiger partial charge in [0.25, 0.3) is 0 Å². The Morgan fingerprint density at radius 1 is 0.786 bits per heavy atom. The van der Waals surface area contributed by atoms with Gasteiger partial charge in [0.15, 0.2) is 0 Å². The summed E-state index contributed by atoms with van der Waals surface area (Å²) >= 11 is 3.38. The Kier molecular flexibility index (Phi) is 7.32. The van der Waals surface area contributed by atoms with E-state index in [1.165, 1.54) is 0 Å². The number of halogens is 1. The molecule has 3 rings (SSSR count). The number of anilines is 2. The van der Waals surface area contributed by atoms with E-state index in [4.69, 9.17) is 9.47 Å². The van der Waals surface area contributed by atoms with Crippen molar-refractivity contribution in [1.82, 2.24) is 0 Å². The summed E-state index contributed by atoms with van der Waals surface area (Å²) in [6.07, 6.45) is 0. The zero-order valence-electron chi connectivity index (χ0n) is 15.2. The number of nitrogens with one attached hydrogen (secondary N) is 2. The zero-order chi connectivity index (χ0) is 19.6. The van der Waals surface area contributed by atoms with Crippen LogP contribution in [0.25, 0.3) is 0 Å². The molecule has 0 saturated carbocycles. The number of carbonyl (C=O) groups excluding carboxylic acids is 1. The second-order valence-electron chi connectivity index (χ2n) is 5.95. The van der Waals surface area contributed by atoms with E-state index < -0.39 is 0 Å². The van der Waals surface area contributed by atoms with Crippen molar-refractivity contribution >= 4 is 33.2 Å². The topological polar surface area (TPSA) is 59.6 Å². The number of hydrogen-bond acceptors (Lipinski definition) is 4. The highest BCUT2D eigenvalue weighted by Crippen LogP contribution is 2.18. The molecule has 2 N–H and O–H groups in total. The van der Waals surface area contributed by atoms with E-state index >= 15 is 0 Å². The van der Waals surface area contributed by atoms with Gasteiger partial charge in [0, 0.05) is 21.9 Å². The first-order chi connectivity index (χ1) is 13.7. The number of rotatable bonds is 9. The second kappa shape index (κ2) is 10.4. The SMILES string of the molecule is O=C(CNc1ccc(Br)cc1)Nc1cccc(OCCOc2ccccc2)c1. The molecule has 0 aliphatic carbocycles. The first-order valence-corrected chi connectivity index (χ1v) is 9.68. The molecule has 0 unspecified atom stereocenters. The predicted octanol–water partition coefficient (Wildman–Crippen LogP) is 4.96.